The van der Waals surface area contributed by atoms with E-state index in [1.54, 1.807) is 0 Å². The molecule has 9 heteroatoms. The van der Waals surface area contributed by atoms with Gasteiger partial charge in [0, 0.05) is 24.0 Å². The van der Waals surface area contributed by atoms with Gasteiger partial charge in [0.25, 0.3) is 5.91 Å². The molecule has 2 atom stereocenters. The highest BCUT2D eigenvalue weighted by Gasteiger charge is 2.30. The van der Waals surface area contributed by atoms with Crippen molar-refractivity contribution in [1.29, 1.82) is 0 Å². The molecule has 1 aliphatic heterocycles. The van der Waals surface area contributed by atoms with E-state index in [-0.39, 0.29) is 11.7 Å². The van der Waals surface area contributed by atoms with Gasteiger partial charge in [0.15, 0.2) is 0 Å². The summed E-state index contributed by atoms with van der Waals surface area (Å²) in [7, 11) is 0. The number of nitrogens with zero attached hydrogens (tertiary/aromatic N) is 1. The van der Waals surface area contributed by atoms with E-state index in [9.17, 15) is 23.1 Å². The molecule has 3 N–H and O–H groups in total. The van der Waals surface area contributed by atoms with Gasteiger partial charge in [-0.1, -0.05) is 12.1 Å². The Morgan fingerprint density at radius 1 is 1.29 bits per heavy atom. The molecular formula is C15H14F3N3O2S. The van der Waals surface area contributed by atoms with Crippen LogP contribution in [0.15, 0.2) is 29.6 Å². The number of halogens is 3. The van der Waals surface area contributed by atoms with Crippen LogP contribution in [0.1, 0.15) is 16.1 Å². The summed E-state index contributed by atoms with van der Waals surface area (Å²) in [5, 5.41) is 17.3. The lowest BCUT2D eigenvalue weighted by Gasteiger charge is -2.14. The van der Waals surface area contributed by atoms with Crippen LogP contribution in [0.2, 0.25) is 0 Å². The number of hydrogen-bond donors (Lipinski definition) is 3. The van der Waals surface area contributed by atoms with Gasteiger partial charge in [0.05, 0.1) is 17.7 Å². The third-order valence-electron chi connectivity index (χ3n) is 3.69. The van der Waals surface area contributed by atoms with Gasteiger partial charge in [-0.15, -0.1) is 11.3 Å². The number of amides is 1. The number of alkyl halides is 3. The summed E-state index contributed by atoms with van der Waals surface area (Å²) >= 11 is 1.17. The smallest absolute Gasteiger partial charge is 0.390 e. The first-order chi connectivity index (χ1) is 11.3. The molecule has 2 heterocycles. The Labute approximate surface area is 139 Å². The fourth-order valence-corrected chi connectivity index (χ4v) is 3.17. The topological polar surface area (TPSA) is 74.2 Å². The number of aliphatic hydroxyl groups is 1. The lowest BCUT2D eigenvalue weighted by atomic mass is 10.1. The molecule has 0 radical (unpaired) electrons. The van der Waals surface area contributed by atoms with Crippen LogP contribution in [-0.2, 0) is 6.18 Å². The minimum absolute atomic E-state index is 0.175. The van der Waals surface area contributed by atoms with Gasteiger partial charge in [-0.05, 0) is 12.1 Å². The Hall–Kier alpha value is -1.97. The number of aromatic nitrogens is 1. The maximum atomic E-state index is 12.6. The molecule has 1 saturated heterocycles. The van der Waals surface area contributed by atoms with Gasteiger partial charge in [-0.2, -0.15) is 13.2 Å². The molecule has 5 nitrogen and oxygen atoms in total. The molecule has 1 aliphatic rings. The Kier molecular flexibility index (Phi) is 4.57. The van der Waals surface area contributed by atoms with Crippen LogP contribution < -0.4 is 10.6 Å². The van der Waals surface area contributed by atoms with Crippen molar-refractivity contribution in [3.8, 4) is 10.6 Å². The van der Waals surface area contributed by atoms with Gasteiger partial charge >= 0.3 is 6.18 Å². The summed E-state index contributed by atoms with van der Waals surface area (Å²) in [6, 6.07) is 4.24. The van der Waals surface area contributed by atoms with Gasteiger partial charge in [-0.3, -0.25) is 4.79 Å². The summed E-state index contributed by atoms with van der Waals surface area (Å²) in [6.45, 7) is 0.890. The molecule has 2 aromatic rings. The maximum absolute atomic E-state index is 12.6. The zero-order valence-corrected chi connectivity index (χ0v) is 13.1. The van der Waals surface area contributed by atoms with E-state index < -0.39 is 23.8 Å². The predicted octanol–water partition coefficient (Wildman–Crippen LogP) is 1.89. The Morgan fingerprint density at radius 3 is 2.58 bits per heavy atom. The minimum Gasteiger partial charge on any atom is -0.390 e. The van der Waals surface area contributed by atoms with Crippen LogP contribution in [0.4, 0.5) is 13.2 Å². The first kappa shape index (κ1) is 16.9. The molecular weight excluding hydrogens is 343 g/mol. The Balaban J connectivity index is 1.72. The number of carbonyl (C=O) groups excluding carboxylic acids is 1. The quantitative estimate of drug-likeness (QED) is 0.784. The van der Waals surface area contributed by atoms with Crippen molar-refractivity contribution in [1.82, 2.24) is 15.6 Å². The van der Waals surface area contributed by atoms with Crippen LogP contribution in [0.5, 0.6) is 0 Å². The van der Waals surface area contributed by atoms with Crippen LogP contribution in [0.25, 0.3) is 10.6 Å². The van der Waals surface area contributed by atoms with Crippen molar-refractivity contribution in [2.45, 2.75) is 18.3 Å². The Morgan fingerprint density at radius 2 is 2.00 bits per heavy atom. The third kappa shape index (κ3) is 3.58. The average Bonchev–Trinajstić information content (AvgIpc) is 3.16. The van der Waals surface area contributed by atoms with E-state index in [0.29, 0.717) is 23.7 Å². The van der Waals surface area contributed by atoms with E-state index in [2.05, 4.69) is 15.6 Å². The monoisotopic (exact) mass is 357 g/mol. The SMILES string of the molecule is O=C(N[C@@H]1CNC[C@H]1O)c1csc(-c2ccc(C(F)(F)F)cc2)n1. The molecule has 1 fully saturated rings. The highest BCUT2D eigenvalue weighted by molar-refractivity contribution is 7.13. The molecule has 1 amide bonds. The zero-order valence-electron chi connectivity index (χ0n) is 12.3. The molecule has 3 rings (SSSR count). The largest absolute Gasteiger partial charge is 0.416 e. The van der Waals surface area contributed by atoms with Crippen molar-refractivity contribution in [3.63, 3.8) is 0 Å². The van der Waals surface area contributed by atoms with E-state index in [4.69, 9.17) is 0 Å². The number of carbonyl (C=O) groups is 1. The second kappa shape index (κ2) is 6.50. The van der Waals surface area contributed by atoms with Gasteiger partial charge in [-0.25, -0.2) is 4.98 Å². The molecule has 0 saturated carbocycles. The molecule has 1 aromatic carbocycles. The number of rotatable bonds is 3. The van der Waals surface area contributed by atoms with E-state index in [1.165, 1.54) is 28.8 Å². The molecule has 0 bridgehead atoms. The van der Waals surface area contributed by atoms with Crippen LogP contribution in [-0.4, -0.2) is 41.2 Å². The second-order valence-electron chi connectivity index (χ2n) is 5.42. The Bertz CT molecular complexity index is 730. The fraction of sp³-hybridized carbons (Fsp3) is 0.333. The van der Waals surface area contributed by atoms with Gasteiger partial charge in [0.2, 0.25) is 0 Å². The lowest BCUT2D eigenvalue weighted by molar-refractivity contribution is -0.137. The van der Waals surface area contributed by atoms with Crippen LogP contribution in [0.3, 0.4) is 0 Å². The highest BCUT2D eigenvalue weighted by Crippen LogP contribution is 2.31. The molecule has 0 unspecified atom stereocenters. The first-order valence-corrected chi connectivity index (χ1v) is 8.05. The van der Waals surface area contributed by atoms with Crippen molar-refractivity contribution < 1.29 is 23.1 Å². The predicted molar refractivity (Wildman–Crippen MR) is 82.7 cm³/mol. The first-order valence-electron chi connectivity index (χ1n) is 7.17. The molecule has 0 aliphatic carbocycles. The van der Waals surface area contributed by atoms with Gasteiger partial charge < -0.3 is 15.7 Å². The van der Waals surface area contributed by atoms with E-state index >= 15 is 0 Å². The zero-order chi connectivity index (χ0) is 17.3. The normalized spacial score (nSPS) is 21.0. The van der Waals surface area contributed by atoms with Crippen LogP contribution in [0, 0.1) is 0 Å². The second-order valence-corrected chi connectivity index (χ2v) is 6.28. The minimum atomic E-state index is -4.39. The number of nitrogens with one attached hydrogen (secondary N) is 2. The van der Waals surface area contributed by atoms with Crippen LogP contribution >= 0.6 is 11.3 Å². The van der Waals surface area contributed by atoms with E-state index in [1.807, 2.05) is 0 Å². The molecule has 0 spiro atoms. The summed E-state index contributed by atoms with van der Waals surface area (Å²) in [4.78, 5) is 16.3. The molecule has 24 heavy (non-hydrogen) atoms. The maximum Gasteiger partial charge on any atom is 0.416 e. The number of hydrogen-bond acceptors (Lipinski definition) is 5. The number of thiazole rings is 1. The molecule has 1 aromatic heterocycles. The van der Waals surface area contributed by atoms with Crippen molar-refractivity contribution in [2.75, 3.05) is 13.1 Å². The third-order valence-corrected chi connectivity index (χ3v) is 4.59. The van der Waals surface area contributed by atoms with E-state index in [0.717, 1.165) is 12.1 Å². The summed E-state index contributed by atoms with van der Waals surface area (Å²) in [5.41, 5.74) is -0.0490. The lowest BCUT2D eigenvalue weighted by Crippen LogP contribution is -2.42. The summed E-state index contributed by atoms with van der Waals surface area (Å²) < 4.78 is 37.7. The molecule has 128 valence electrons. The van der Waals surface area contributed by atoms with Crippen molar-refractivity contribution in [3.05, 3.63) is 40.9 Å². The highest BCUT2D eigenvalue weighted by atomic mass is 32.1. The standard InChI is InChI=1S/C15H14F3N3O2S/c16-15(17,18)9-3-1-8(2-4-9)14-21-11(7-24-14)13(23)20-10-5-19-6-12(10)22/h1-4,7,10,12,19,22H,5-6H2,(H,20,23)/t10-,12-/m1/s1. The van der Waals surface area contributed by atoms with Gasteiger partial charge in [0.1, 0.15) is 10.7 Å². The van der Waals surface area contributed by atoms with Crippen molar-refractivity contribution >= 4 is 17.2 Å². The number of β-amino-alcohol motifs (C(OH)–C–C–N with tert-alkyl or cyclic N) is 1. The summed E-state index contributed by atoms with van der Waals surface area (Å²) in [6.07, 6.45) is -5.04. The number of aliphatic hydroxyl groups excluding tert-OH is 1. The fourth-order valence-electron chi connectivity index (χ4n) is 2.37. The summed E-state index contributed by atoms with van der Waals surface area (Å²) in [5.74, 6) is -0.419. The average molecular weight is 357 g/mol. The van der Waals surface area contributed by atoms with Crippen molar-refractivity contribution in [2.24, 2.45) is 0 Å². The number of benzene rings is 1.